The van der Waals surface area contributed by atoms with Gasteiger partial charge in [0.15, 0.2) is 11.5 Å². The molecule has 0 saturated carbocycles. The summed E-state index contributed by atoms with van der Waals surface area (Å²) in [6.07, 6.45) is 1.15. The average Bonchev–Trinajstić information content (AvgIpc) is 2.98. The quantitative estimate of drug-likeness (QED) is 0.355. The van der Waals surface area contributed by atoms with Crippen LogP contribution < -0.4 is 4.74 Å². The number of rotatable bonds is 0. The van der Waals surface area contributed by atoms with Gasteiger partial charge in [-0.15, -0.1) is 0 Å². The molecule has 4 rings (SSSR count). The van der Waals surface area contributed by atoms with Gasteiger partial charge in [0, 0.05) is 17.4 Å². The van der Waals surface area contributed by atoms with Gasteiger partial charge in [0.05, 0.1) is 0 Å². The Morgan fingerprint density at radius 2 is 1.75 bits per heavy atom. The van der Waals surface area contributed by atoms with E-state index in [1.807, 2.05) is 0 Å². The molecule has 12 heavy (non-hydrogen) atoms. The van der Waals surface area contributed by atoms with Gasteiger partial charge < -0.3 is 4.74 Å². The Kier molecular flexibility index (Phi) is 0.587. The zero-order chi connectivity index (χ0) is 7.71. The van der Waals surface area contributed by atoms with Gasteiger partial charge in [0.25, 0.3) is 0 Å². The van der Waals surface area contributed by atoms with E-state index in [1.54, 1.807) is 0 Å². The Balaban J connectivity index is 2.37. The smallest absolute Gasteiger partial charge is 0.178 e. The van der Waals surface area contributed by atoms with Crippen LogP contribution >= 0.6 is 0 Å². The molecular weight excluding hydrogens is 148 g/mol. The maximum Gasteiger partial charge on any atom is 0.178 e. The highest BCUT2D eigenvalue weighted by Gasteiger charge is 2.37. The van der Waals surface area contributed by atoms with Crippen molar-refractivity contribution in [3.8, 4) is 11.5 Å². The zero-order valence-corrected chi connectivity index (χ0v) is 6.42. The summed E-state index contributed by atoms with van der Waals surface area (Å²) in [5.74, 6) is 2.30. The van der Waals surface area contributed by atoms with E-state index in [0.717, 1.165) is 12.2 Å². The van der Waals surface area contributed by atoms with E-state index in [9.17, 15) is 0 Å². The van der Waals surface area contributed by atoms with Crippen LogP contribution in [0.4, 0.5) is 0 Å². The van der Waals surface area contributed by atoms with Crippen LogP contribution in [0.2, 0.25) is 0 Å². The van der Waals surface area contributed by atoms with Gasteiger partial charge in [-0.3, -0.25) is 0 Å². The molecule has 0 bridgehead atoms. The Bertz CT molecular complexity index is 478. The Labute approximate surface area is 69.6 Å². The van der Waals surface area contributed by atoms with Crippen LogP contribution in [-0.2, 0) is 6.42 Å². The fourth-order valence-electron chi connectivity index (χ4n) is 2.00. The summed E-state index contributed by atoms with van der Waals surface area (Å²) < 4.78 is 5.43. The molecule has 0 atom stereocenters. The molecule has 2 aliphatic rings. The summed E-state index contributed by atoms with van der Waals surface area (Å²) in [5.41, 5.74) is 2.95. The molecule has 1 heteroatoms. The second kappa shape index (κ2) is 1.36. The molecular formula is C11H6O. The zero-order valence-electron chi connectivity index (χ0n) is 6.42. The number of ether oxygens (including phenoxy) is 1. The van der Waals surface area contributed by atoms with Crippen LogP contribution in [0.5, 0.6) is 11.5 Å². The van der Waals surface area contributed by atoms with Crippen molar-refractivity contribution < 1.29 is 4.74 Å². The van der Waals surface area contributed by atoms with E-state index < -0.39 is 0 Å². The van der Waals surface area contributed by atoms with Crippen LogP contribution in [0, 0.1) is 0 Å². The molecule has 0 spiro atoms. The topological polar surface area (TPSA) is 12.5 Å². The number of hydrogen-bond acceptors (Lipinski definition) is 1. The molecule has 1 heterocycles. The van der Waals surface area contributed by atoms with E-state index in [2.05, 4.69) is 24.3 Å². The molecule has 2 aromatic rings. The highest BCUT2D eigenvalue weighted by atomic mass is 16.6. The predicted molar refractivity (Wildman–Crippen MR) is 46.8 cm³/mol. The van der Waals surface area contributed by atoms with Gasteiger partial charge in [-0.2, -0.15) is 0 Å². The minimum absolute atomic E-state index is 1.13. The second-order valence-electron chi connectivity index (χ2n) is 3.44. The van der Waals surface area contributed by atoms with Crippen molar-refractivity contribution in [2.45, 2.75) is 6.42 Å². The largest absolute Gasteiger partial charge is 0.448 e. The van der Waals surface area contributed by atoms with Crippen LogP contribution in [0.3, 0.4) is 0 Å². The minimum Gasteiger partial charge on any atom is -0.448 e. The summed E-state index contributed by atoms with van der Waals surface area (Å²) in [7, 11) is 0. The predicted octanol–water partition coefficient (Wildman–Crippen LogP) is 2.85. The van der Waals surface area contributed by atoms with E-state index in [-0.39, 0.29) is 0 Å². The summed E-state index contributed by atoms with van der Waals surface area (Å²) >= 11 is 0. The lowest BCUT2D eigenvalue weighted by atomic mass is 10.1. The number of fused-ring (bicyclic) bond motifs is 6. The third-order valence-electron chi connectivity index (χ3n) is 2.73. The van der Waals surface area contributed by atoms with Crippen LogP contribution in [0.1, 0.15) is 11.1 Å². The first-order valence-electron chi connectivity index (χ1n) is 4.19. The van der Waals surface area contributed by atoms with Crippen molar-refractivity contribution >= 4 is 10.8 Å². The minimum atomic E-state index is 1.13. The normalized spacial score (nSPS) is 15.0. The van der Waals surface area contributed by atoms with Gasteiger partial charge >= 0.3 is 0 Å². The summed E-state index contributed by atoms with van der Waals surface area (Å²) in [6, 6.07) is 8.48. The van der Waals surface area contributed by atoms with Gasteiger partial charge in [0.2, 0.25) is 0 Å². The van der Waals surface area contributed by atoms with E-state index in [4.69, 9.17) is 4.74 Å². The van der Waals surface area contributed by atoms with Gasteiger partial charge in [-0.05, 0) is 10.9 Å². The lowest BCUT2D eigenvalue weighted by molar-refractivity contribution is 0.652. The van der Waals surface area contributed by atoms with E-state index in [1.165, 1.54) is 27.6 Å². The number of hydrogen-bond donors (Lipinski definition) is 0. The molecule has 56 valence electrons. The van der Waals surface area contributed by atoms with Crippen molar-refractivity contribution in [3.05, 3.63) is 35.4 Å². The first kappa shape index (κ1) is 5.20. The van der Waals surface area contributed by atoms with Crippen LogP contribution in [0.15, 0.2) is 24.3 Å². The summed E-state index contributed by atoms with van der Waals surface area (Å²) in [5, 5.41) is 2.69. The maximum atomic E-state index is 5.43. The molecule has 0 unspecified atom stereocenters. The lowest BCUT2D eigenvalue weighted by Gasteiger charge is -1.89. The Morgan fingerprint density at radius 1 is 0.917 bits per heavy atom. The molecule has 1 aliphatic heterocycles. The molecule has 0 fully saturated rings. The van der Waals surface area contributed by atoms with Gasteiger partial charge in [-0.25, -0.2) is 0 Å². The molecule has 0 N–H and O–H groups in total. The van der Waals surface area contributed by atoms with E-state index >= 15 is 0 Å². The maximum absolute atomic E-state index is 5.43. The molecule has 0 amide bonds. The molecule has 1 aliphatic carbocycles. The first-order chi connectivity index (χ1) is 5.95. The molecule has 0 radical (unpaired) electrons. The summed E-state index contributed by atoms with van der Waals surface area (Å²) in [6.45, 7) is 0. The average molecular weight is 154 g/mol. The third-order valence-corrected chi connectivity index (χ3v) is 2.73. The fourth-order valence-corrected chi connectivity index (χ4v) is 2.00. The fraction of sp³-hybridized carbons (Fsp3) is 0.0909. The van der Waals surface area contributed by atoms with Crippen LogP contribution in [0.25, 0.3) is 10.8 Å². The molecule has 1 nitrogen and oxygen atoms in total. The van der Waals surface area contributed by atoms with Crippen molar-refractivity contribution in [2.75, 3.05) is 0 Å². The number of benzene rings is 2. The van der Waals surface area contributed by atoms with Crippen molar-refractivity contribution in [2.24, 2.45) is 0 Å². The van der Waals surface area contributed by atoms with Gasteiger partial charge in [0.1, 0.15) is 0 Å². The second-order valence-corrected chi connectivity index (χ2v) is 3.44. The Morgan fingerprint density at radius 3 is 2.67 bits per heavy atom. The first-order valence-corrected chi connectivity index (χ1v) is 4.19. The standard InChI is InChI=1S/C11H6O/c1-2-4-7-6(3-1)8-5-9(8)11-10(7)12-11/h1-4H,5H2. The summed E-state index contributed by atoms with van der Waals surface area (Å²) in [4.78, 5) is 0. The molecule has 0 saturated heterocycles. The highest BCUT2D eigenvalue weighted by molar-refractivity contribution is 6.02. The van der Waals surface area contributed by atoms with Gasteiger partial charge in [-0.1, -0.05) is 24.3 Å². The SMILES string of the molecule is c1ccc2c3c(c4c(c2c1)C4)O3. The van der Waals surface area contributed by atoms with Crippen LogP contribution in [-0.4, -0.2) is 0 Å². The lowest BCUT2D eigenvalue weighted by Crippen LogP contribution is -1.65. The third kappa shape index (κ3) is 0.426. The molecule has 2 aromatic carbocycles. The molecule has 0 aromatic heterocycles. The van der Waals surface area contributed by atoms with E-state index in [0.29, 0.717) is 0 Å². The highest BCUT2D eigenvalue weighted by Crippen LogP contribution is 2.60. The van der Waals surface area contributed by atoms with Crippen molar-refractivity contribution in [1.29, 1.82) is 0 Å². The van der Waals surface area contributed by atoms with Crippen molar-refractivity contribution in [3.63, 3.8) is 0 Å². The van der Waals surface area contributed by atoms with Crippen molar-refractivity contribution in [1.82, 2.24) is 0 Å². The monoisotopic (exact) mass is 154 g/mol. The Hall–Kier alpha value is -1.50.